The van der Waals surface area contributed by atoms with Gasteiger partial charge < -0.3 is 9.84 Å². The lowest BCUT2D eigenvalue weighted by molar-refractivity contribution is -0.159. The van der Waals surface area contributed by atoms with Crippen LogP contribution in [-0.4, -0.2) is 17.4 Å². The zero-order chi connectivity index (χ0) is 12.4. The summed E-state index contributed by atoms with van der Waals surface area (Å²) in [6, 6.07) is 0. The van der Waals surface area contributed by atoms with Gasteiger partial charge in [0.25, 0.3) is 0 Å². The Balaban J connectivity index is 3.46. The molecular formula is C13H24O3. The molecule has 0 rings (SSSR count). The van der Waals surface area contributed by atoms with E-state index in [-0.39, 0.29) is 0 Å². The van der Waals surface area contributed by atoms with Gasteiger partial charge in [0.15, 0.2) is 6.29 Å². The van der Waals surface area contributed by atoms with Crippen LogP contribution in [0.15, 0.2) is 12.2 Å². The third kappa shape index (κ3) is 8.48. The lowest BCUT2D eigenvalue weighted by Gasteiger charge is -2.08. The molecule has 0 saturated carbocycles. The molecule has 0 fully saturated rings. The van der Waals surface area contributed by atoms with Gasteiger partial charge in [0.2, 0.25) is 0 Å². The molecule has 1 N–H and O–H groups in total. The van der Waals surface area contributed by atoms with Crippen LogP contribution in [0, 0.1) is 0 Å². The summed E-state index contributed by atoms with van der Waals surface area (Å²) in [6.45, 7) is 7.26. The van der Waals surface area contributed by atoms with Gasteiger partial charge in [0.1, 0.15) is 0 Å². The number of aliphatic hydroxyl groups is 1. The number of ether oxygens (including phenoxy) is 1. The van der Waals surface area contributed by atoms with Gasteiger partial charge >= 0.3 is 5.97 Å². The zero-order valence-corrected chi connectivity index (χ0v) is 10.5. The number of unbranched alkanes of at least 4 members (excludes halogenated alkanes) is 5. The Morgan fingerprint density at radius 2 is 1.81 bits per heavy atom. The maximum absolute atomic E-state index is 11.2. The van der Waals surface area contributed by atoms with E-state index >= 15 is 0 Å². The molecule has 0 aromatic carbocycles. The van der Waals surface area contributed by atoms with Gasteiger partial charge in [0, 0.05) is 5.57 Å². The van der Waals surface area contributed by atoms with Crippen molar-refractivity contribution in [1.82, 2.24) is 0 Å². The maximum atomic E-state index is 11.2. The van der Waals surface area contributed by atoms with Crippen molar-refractivity contribution in [3.8, 4) is 0 Å². The quantitative estimate of drug-likeness (QED) is 0.285. The third-order valence-corrected chi connectivity index (χ3v) is 2.40. The summed E-state index contributed by atoms with van der Waals surface area (Å²) in [4.78, 5) is 11.2. The van der Waals surface area contributed by atoms with Gasteiger partial charge in [0.05, 0.1) is 0 Å². The maximum Gasteiger partial charge on any atom is 0.335 e. The summed E-state index contributed by atoms with van der Waals surface area (Å²) in [5, 5.41) is 8.86. The van der Waals surface area contributed by atoms with Crippen molar-refractivity contribution in [3.63, 3.8) is 0 Å². The fourth-order valence-electron chi connectivity index (χ4n) is 1.46. The van der Waals surface area contributed by atoms with Gasteiger partial charge in [-0.15, -0.1) is 0 Å². The lowest BCUT2D eigenvalue weighted by Crippen LogP contribution is -2.15. The van der Waals surface area contributed by atoms with Crippen molar-refractivity contribution < 1.29 is 14.6 Å². The van der Waals surface area contributed by atoms with Crippen molar-refractivity contribution in [1.29, 1.82) is 0 Å². The highest BCUT2D eigenvalue weighted by Crippen LogP contribution is 2.12. The first-order chi connectivity index (χ1) is 7.57. The molecule has 3 heteroatoms. The number of hydrogen-bond acceptors (Lipinski definition) is 3. The second kappa shape index (κ2) is 9.40. The first-order valence-electron chi connectivity index (χ1n) is 6.14. The number of hydrogen-bond donors (Lipinski definition) is 1. The van der Waals surface area contributed by atoms with E-state index in [1.54, 1.807) is 0 Å². The number of carbonyl (C=O) groups excluding carboxylic acids is 1. The van der Waals surface area contributed by atoms with E-state index in [4.69, 9.17) is 5.11 Å². The molecule has 0 bridgehead atoms. The molecule has 0 amide bonds. The highest BCUT2D eigenvalue weighted by Gasteiger charge is 2.10. The van der Waals surface area contributed by atoms with Crippen LogP contribution in [0.4, 0.5) is 0 Å². The van der Waals surface area contributed by atoms with Crippen molar-refractivity contribution in [2.45, 2.75) is 65.1 Å². The molecule has 0 aliphatic rings. The summed E-state index contributed by atoms with van der Waals surface area (Å²) in [7, 11) is 0. The summed E-state index contributed by atoms with van der Waals surface area (Å²) in [5.74, 6) is -0.483. The van der Waals surface area contributed by atoms with Crippen molar-refractivity contribution >= 4 is 5.97 Å². The molecule has 0 aromatic heterocycles. The minimum atomic E-state index is -1.05. The van der Waals surface area contributed by atoms with Crippen molar-refractivity contribution in [2.75, 3.05) is 0 Å². The van der Waals surface area contributed by atoms with Gasteiger partial charge in [-0.25, -0.2) is 4.79 Å². The second-order valence-corrected chi connectivity index (χ2v) is 4.13. The van der Waals surface area contributed by atoms with Crippen LogP contribution in [-0.2, 0) is 9.53 Å². The molecule has 0 aliphatic carbocycles. The van der Waals surface area contributed by atoms with Crippen LogP contribution in [0.5, 0.6) is 0 Å². The molecule has 0 aliphatic heterocycles. The number of rotatable bonds is 9. The van der Waals surface area contributed by atoms with Gasteiger partial charge in [-0.3, -0.25) is 0 Å². The Morgan fingerprint density at radius 3 is 2.38 bits per heavy atom. The van der Waals surface area contributed by atoms with Crippen LogP contribution in [0.3, 0.4) is 0 Å². The molecule has 0 aromatic rings. The Bertz CT molecular complexity index is 209. The smallest absolute Gasteiger partial charge is 0.335 e. The second-order valence-electron chi connectivity index (χ2n) is 4.13. The first-order valence-corrected chi connectivity index (χ1v) is 6.14. The highest BCUT2D eigenvalue weighted by atomic mass is 16.6. The molecule has 0 saturated heterocycles. The normalized spacial score (nSPS) is 12.2. The SMILES string of the molecule is C=C(CCCCCCCC)C(=O)OC(C)O. The largest absolute Gasteiger partial charge is 0.433 e. The summed E-state index contributed by atoms with van der Waals surface area (Å²) >= 11 is 0. The Labute approximate surface area is 98.5 Å². The van der Waals surface area contributed by atoms with Gasteiger partial charge in [-0.1, -0.05) is 45.6 Å². The highest BCUT2D eigenvalue weighted by molar-refractivity contribution is 5.87. The molecule has 1 atom stereocenters. The fourth-order valence-corrected chi connectivity index (χ4v) is 1.46. The Kier molecular flexibility index (Phi) is 8.91. The number of aliphatic hydroxyl groups excluding tert-OH is 1. The van der Waals surface area contributed by atoms with Crippen LogP contribution in [0.25, 0.3) is 0 Å². The van der Waals surface area contributed by atoms with Gasteiger partial charge in [-0.05, 0) is 19.8 Å². The predicted molar refractivity (Wildman–Crippen MR) is 64.9 cm³/mol. The third-order valence-electron chi connectivity index (χ3n) is 2.40. The van der Waals surface area contributed by atoms with E-state index in [2.05, 4.69) is 18.2 Å². The minimum absolute atomic E-state index is 0.455. The molecular weight excluding hydrogens is 204 g/mol. The topological polar surface area (TPSA) is 46.5 Å². The van der Waals surface area contributed by atoms with Gasteiger partial charge in [-0.2, -0.15) is 0 Å². The molecule has 0 spiro atoms. The predicted octanol–water partition coefficient (Wildman–Crippen LogP) is 3.17. The average Bonchev–Trinajstić information content (AvgIpc) is 2.21. The molecule has 0 radical (unpaired) electrons. The van der Waals surface area contributed by atoms with E-state index in [0.29, 0.717) is 12.0 Å². The Morgan fingerprint density at radius 1 is 1.25 bits per heavy atom. The molecule has 1 unspecified atom stereocenters. The van der Waals surface area contributed by atoms with E-state index in [1.807, 2.05) is 0 Å². The van der Waals surface area contributed by atoms with Crippen LogP contribution in [0.1, 0.15) is 58.8 Å². The fraction of sp³-hybridized carbons (Fsp3) is 0.769. The van der Waals surface area contributed by atoms with Crippen LogP contribution in [0.2, 0.25) is 0 Å². The molecule has 16 heavy (non-hydrogen) atoms. The monoisotopic (exact) mass is 228 g/mol. The molecule has 0 heterocycles. The number of carbonyl (C=O) groups is 1. The molecule has 3 nitrogen and oxygen atoms in total. The summed E-state index contributed by atoms with van der Waals surface area (Å²) in [5.41, 5.74) is 0.455. The van der Waals surface area contributed by atoms with Crippen molar-refractivity contribution in [2.24, 2.45) is 0 Å². The van der Waals surface area contributed by atoms with E-state index in [1.165, 1.54) is 32.6 Å². The Hall–Kier alpha value is -0.830. The molecule has 94 valence electrons. The van der Waals surface area contributed by atoms with E-state index < -0.39 is 12.3 Å². The lowest BCUT2D eigenvalue weighted by atomic mass is 10.1. The van der Waals surface area contributed by atoms with E-state index in [9.17, 15) is 4.79 Å². The van der Waals surface area contributed by atoms with Crippen LogP contribution < -0.4 is 0 Å². The van der Waals surface area contributed by atoms with Crippen molar-refractivity contribution in [3.05, 3.63) is 12.2 Å². The van der Waals surface area contributed by atoms with E-state index in [0.717, 1.165) is 12.8 Å². The average molecular weight is 228 g/mol. The summed E-state index contributed by atoms with van der Waals surface area (Å²) < 4.78 is 4.62. The zero-order valence-electron chi connectivity index (χ0n) is 10.5. The first kappa shape index (κ1) is 15.2. The summed E-state index contributed by atoms with van der Waals surface area (Å²) in [6.07, 6.45) is 6.72. The minimum Gasteiger partial charge on any atom is -0.433 e. The van der Waals surface area contributed by atoms with Crippen LogP contribution >= 0.6 is 0 Å². The standard InChI is InChI=1S/C13H24O3/c1-4-5-6-7-8-9-10-11(2)13(15)16-12(3)14/h12,14H,2,4-10H2,1,3H3. The number of esters is 1.